The summed E-state index contributed by atoms with van der Waals surface area (Å²) in [6.45, 7) is 4.08. The van der Waals surface area contributed by atoms with E-state index in [9.17, 15) is 19.3 Å². The molecule has 2 rings (SSSR count). The van der Waals surface area contributed by atoms with E-state index in [4.69, 9.17) is 0 Å². The van der Waals surface area contributed by atoms with Crippen molar-refractivity contribution in [3.63, 3.8) is 0 Å². The Balaban J connectivity index is 2.07. The van der Waals surface area contributed by atoms with E-state index in [1.807, 2.05) is 13.8 Å². The molecule has 6 nitrogen and oxygen atoms in total. The van der Waals surface area contributed by atoms with Crippen LogP contribution in [-0.2, 0) is 6.42 Å². The molecule has 132 valence electrons. The Morgan fingerprint density at radius 3 is 2.48 bits per heavy atom. The molecule has 0 aliphatic rings. The summed E-state index contributed by atoms with van der Waals surface area (Å²) in [5.41, 5.74) is 1.35. The lowest BCUT2D eigenvalue weighted by molar-refractivity contribution is -0.384. The molecule has 0 fully saturated rings. The van der Waals surface area contributed by atoms with Gasteiger partial charge < -0.3 is 10.6 Å². The van der Waals surface area contributed by atoms with Crippen molar-refractivity contribution in [2.45, 2.75) is 26.3 Å². The van der Waals surface area contributed by atoms with E-state index in [0.717, 1.165) is 5.56 Å². The van der Waals surface area contributed by atoms with Gasteiger partial charge in [0, 0.05) is 24.2 Å². The zero-order valence-electron chi connectivity index (χ0n) is 14.1. The second-order valence-electron chi connectivity index (χ2n) is 5.92. The molecule has 0 saturated heterocycles. The molecule has 0 bridgehead atoms. The van der Waals surface area contributed by atoms with Crippen molar-refractivity contribution in [2.24, 2.45) is 0 Å². The molecule has 2 aromatic rings. The van der Waals surface area contributed by atoms with E-state index in [1.165, 1.54) is 24.3 Å². The first-order valence-corrected chi connectivity index (χ1v) is 7.94. The van der Waals surface area contributed by atoms with Crippen molar-refractivity contribution in [2.75, 3.05) is 11.9 Å². The van der Waals surface area contributed by atoms with Crippen LogP contribution in [0.4, 0.5) is 15.8 Å². The molecule has 7 heteroatoms. The Kier molecular flexibility index (Phi) is 6.05. The number of halogens is 1. The molecule has 0 spiro atoms. The van der Waals surface area contributed by atoms with Crippen LogP contribution in [0.15, 0.2) is 42.5 Å². The Labute approximate surface area is 145 Å². The normalized spacial score (nSPS) is 10.6. The monoisotopic (exact) mass is 345 g/mol. The van der Waals surface area contributed by atoms with Crippen LogP contribution in [0.1, 0.15) is 29.8 Å². The topological polar surface area (TPSA) is 84.3 Å². The summed E-state index contributed by atoms with van der Waals surface area (Å²) in [4.78, 5) is 22.7. The van der Waals surface area contributed by atoms with Gasteiger partial charge in [-0.15, -0.1) is 0 Å². The predicted molar refractivity (Wildman–Crippen MR) is 94.3 cm³/mol. The maximum Gasteiger partial charge on any atom is 0.293 e. The molecule has 0 aromatic heterocycles. The van der Waals surface area contributed by atoms with Gasteiger partial charge in [0.1, 0.15) is 11.5 Å². The van der Waals surface area contributed by atoms with Crippen LogP contribution in [0.5, 0.6) is 0 Å². The highest BCUT2D eigenvalue weighted by molar-refractivity contribution is 5.95. The molecular formula is C18H20FN3O3. The Hall–Kier alpha value is -2.96. The second kappa shape index (κ2) is 8.23. The van der Waals surface area contributed by atoms with Crippen molar-refractivity contribution in [1.29, 1.82) is 0 Å². The molecule has 0 aliphatic carbocycles. The van der Waals surface area contributed by atoms with Crippen LogP contribution in [0, 0.1) is 15.9 Å². The SMILES string of the molecule is CC(C)NC(=O)c1ccc(NCCc2ccc(F)cc2)c([N+](=O)[O-])c1. The van der Waals surface area contributed by atoms with Gasteiger partial charge in [-0.25, -0.2) is 4.39 Å². The lowest BCUT2D eigenvalue weighted by atomic mass is 10.1. The molecular weight excluding hydrogens is 325 g/mol. The molecule has 0 aliphatic heterocycles. The highest BCUT2D eigenvalue weighted by atomic mass is 19.1. The van der Waals surface area contributed by atoms with Gasteiger partial charge in [-0.2, -0.15) is 0 Å². The van der Waals surface area contributed by atoms with Crippen molar-refractivity contribution in [1.82, 2.24) is 5.32 Å². The van der Waals surface area contributed by atoms with E-state index in [0.29, 0.717) is 18.7 Å². The average Bonchev–Trinajstić information content (AvgIpc) is 2.56. The number of benzene rings is 2. The summed E-state index contributed by atoms with van der Waals surface area (Å²) in [7, 11) is 0. The van der Waals surface area contributed by atoms with Crippen LogP contribution in [0.3, 0.4) is 0 Å². The lowest BCUT2D eigenvalue weighted by Crippen LogP contribution is -2.30. The zero-order valence-corrected chi connectivity index (χ0v) is 14.1. The van der Waals surface area contributed by atoms with Crippen molar-refractivity contribution >= 4 is 17.3 Å². The van der Waals surface area contributed by atoms with Gasteiger partial charge in [-0.1, -0.05) is 12.1 Å². The van der Waals surface area contributed by atoms with Gasteiger partial charge in [0.05, 0.1) is 4.92 Å². The number of anilines is 1. The number of nitrogens with zero attached hydrogens (tertiary/aromatic N) is 1. The van der Waals surface area contributed by atoms with Crippen molar-refractivity contribution in [3.8, 4) is 0 Å². The van der Waals surface area contributed by atoms with Crippen LogP contribution in [0.25, 0.3) is 0 Å². The van der Waals surface area contributed by atoms with E-state index < -0.39 is 4.92 Å². The first-order valence-electron chi connectivity index (χ1n) is 7.94. The minimum Gasteiger partial charge on any atom is -0.379 e. The first kappa shape index (κ1) is 18.4. The largest absolute Gasteiger partial charge is 0.379 e. The van der Waals surface area contributed by atoms with Crippen LogP contribution < -0.4 is 10.6 Å². The zero-order chi connectivity index (χ0) is 18.4. The highest BCUT2D eigenvalue weighted by Crippen LogP contribution is 2.25. The maximum absolute atomic E-state index is 12.9. The minimum atomic E-state index is -0.521. The summed E-state index contributed by atoms with van der Waals surface area (Å²) < 4.78 is 12.9. The second-order valence-corrected chi connectivity index (χ2v) is 5.92. The third kappa shape index (κ3) is 5.27. The number of hydrogen-bond acceptors (Lipinski definition) is 4. The standard InChI is InChI=1S/C18H20FN3O3/c1-12(2)21-18(23)14-5-8-16(17(11-14)22(24)25)20-10-9-13-3-6-15(19)7-4-13/h3-8,11-12,20H,9-10H2,1-2H3,(H,21,23). The fraction of sp³-hybridized carbons (Fsp3) is 0.278. The van der Waals surface area contributed by atoms with Crippen LogP contribution >= 0.6 is 0 Å². The summed E-state index contributed by atoms with van der Waals surface area (Å²) in [5.74, 6) is -0.654. The molecule has 0 unspecified atom stereocenters. The van der Waals surface area contributed by atoms with Gasteiger partial charge in [0.15, 0.2) is 0 Å². The third-order valence-corrected chi connectivity index (χ3v) is 3.52. The highest BCUT2D eigenvalue weighted by Gasteiger charge is 2.17. The molecule has 1 amide bonds. The van der Waals surface area contributed by atoms with Gasteiger partial charge in [-0.05, 0) is 50.1 Å². The molecule has 0 atom stereocenters. The number of carbonyl (C=O) groups excluding carboxylic acids is 1. The minimum absolute atomic E-state index is 0.0555. The van der Waals surface area contributed by atoms with Crippen molar-refractivity contribution in [3.05, 3.63) is 69.5 Å². The predicted octanol–water partition coefficient (Wildman–Crippen LogP) is 3.53. The number of carbonyl (C=O) groups is 1. The number of nitro groups is 1. The van der Waals surface area contributed by atoms with Gasteiger partial charge in [0.25, 0.3) is 11.6 Å². The molecule has 0 saturated carbocycles. The number of nitrogens with one attached hydrogen (secondary N) is 2. The van der Waals surface area contributed by atoms with E-state index >= 15 is 0 Å². The van der Waals surface area contributed by atoms with Crippen molar-refractivity contribution < 1.29 is 14.1 Å². The van der Waals surface area contributed by atoms with Gasteiger partial charge in [0.2, 0.25) is 0 Å². The fourth-order valence-electron chi connectivity index (χ4n) is 2.31. The number of hydrogen-bond donors (Lipinski definition) is 2. The van der Waals surface area contributed by atoms with Crippen LogP contribution in [-0.4, -0.2) is 23.4 Å². The summed E-state index contributed by atoms with van der Waals surface area (Å²) in [6.07, 6.45) is 0.590. The van der Waals surface area contributed by atoms with Crippen LogP contribution in [0.2, 0.25) is 0 Å². The third-order valence-electron chi connectivity index (χ3n) is 3.52. The summed E-state index contributed by atoms with van der Waals surface area (Å²) >= 11 is 0. The number of amides is 1. The maximum atomic E-state index is 12.9. The molecule has 2 N–H and O–H groups in total. The number of rotatable bonds is 7. The van der Waals surface area contributed by atoms with E-state index in [2.05, 4.69) is 10.6 Å². The van der Waals surface area contributed by atoms with E-state index in [-0.39, 0.29) is 29.0 Å². The summed E-state index contributed by atoms with van der Waals surface area (Å²) in [6, 6.07) is 10.4. The first-order chi connectivity index (χ1) is 11.9. The van der Waals surface area contributed by atoms with Gasteiger partial charge in [-0.3, -0.25) is 14.9 Å². The fourth-order valence-corrected chi connectivity index (χ4v) is 2.31. The Morgan fingerprint density at radius 2 is 1.88 bits per heavy atom. The molecule has 0 heterocycles. The number of nitro benzene ring substituents is 1. The average molecular weight is 345 g/mol. The molecule has 2 aromatic carbocycles. The molecule has 0 radical (unpaired) electrons. The summed E-state index contributed by atoms with van der Waals surface area (Å²) in [5, 5.41) is 17.0. The Bertz CT molecular complexity index is 761. The lowest BCUT2D eigenvalue weighted by Gasteiger charge is -2.11. The van der Waals surface area contributed by atoms with E-state index in [1.54, 1.807) is 18.2 Å². The quantitative estimate of drug-likeness (QED) is 0.594. The van der Waals surface area contributed by atoms with Gasteiger partial charge >= 0.3 is 0 Å². The smallest absolute Gasteiger partial charge is 0.293 e. The Morgan fingerprint density at radius 1 is 1.20 bits per heavy atom. The molecule has 25 heavy (non-hydrogen) atoms.